The molecule has 58 heavy (non-hydrogen) atoms. The fourth-order valence-electron chi connectivity index (χ4n) is 7.90. The molecule has 10 aliphatic rings. The van der Waals surface area contributed by atoms with Crippen LogP contribution in [0.3, 0.4) is 0 Å². The number of nitrogens with zero attached hydrogens (tertiary/aromatic N) is 2. The lowest BCUT2D eigenvalue weighted by molar-refractivity contribution is -0.140. The third-order valence-electron chi connectivity index (χ3n) is 10.7. The van der Waals surface area contributed by atoms with E-state index in [2.05, 4.69) is 76.2 Å². The van der Waals surface area contributed by atoms with Crippen LogP contribution in [0.25, 0.3) is 0 Å². The zero-order chi connectivity index (χ0) is 43.9. The number of halogens is 5. The van der Waals surface area contributed by atoms with E-state index in [1.165, 1.54) is 12.5 Å². The quantitative estimate of drug-likeness (QED) is 0.115. The predicted molar refractivity (Wildman–Crippen MR) is 228 cm³/mol. The van der Waals surface area contributed by atoms with E-state index < -0.39 is 47.7 Å². The van der Waals surface area contributed by atoms with Gasteiger partial charge in [-0.05, 0) is 128 Å². The molecule has 320 valence electrons. The molecule has 0 N–H and O–H groups in total. The summed E-state index contributed by atoms with van der Waals surface area (Å²) < 4.78 is 71.6. The molecule has 16 heteroatoms. The molecule has 0 amide bonds. The van der Waals surface area contributed by atoms with Gasteiger partial charge in [-0.3, -0.25) is 9.59 Å². The number of hydrogen-bond acceptors (Lipinski definition) is 8. The van der Waals surface area contributed by atoms with Crippen LogP contribution in [-0.4, -0.2) is 47.0 Å². The summed E-state index contributed by atoms with van der Waals surface area (Å²) in [6.07, 6.45) is 20.9. The third kappa shape index (κ3) is 14.1. The summed E-state index contributed by atoms with van der Waals surface area (Å²) in [5, 5.41) is 16.8. The minimum Gasteiger partial charge on any atom is -0.547 e. The average molecular weight is 902 g/mol. The van der Waals surface area contributed by atoms with Crippen LogP contribution in [0.15, 0.2) is 70.1 Å². The Hall–Kier alpha value is -2.89. The molecule has 10 rings (SSSR count). The van der Waals surface area contributed by atoms with Crippen molar-refractivity contribution in [3.63, 3.8) is 0 Å². The highest BCUT2D eigenvalue weighted by Gasteiger charge is 2.51. The van der Waals surface area contributed by atoms with E-state index in [9.17, 15) is 31.2 Å². The highest BCUT2D eigenvalue weighted by atomic mass is 35.5. The smallest absolute Gasteiger partial charge is 0.501 e. The van der Waals surface area contributed by atoms with E-state index in [-0.39, 0.29) is 28.7 Å². The first-order valence-corrected chi connectivity index (χ1v) is 28.8. The first kappa shape index (κ1) is 49.5. The van der Waals surface area contributed by atoms with Gasteiger partial charge in [0.1, 0.15) is 27.5 Å². The van der Waals surface area contributed by atoms with Crippen molar-refractivity contribution in [2.75, 3.05) is 0 Å². The minimum absolute atomic E-state index is 0.0324. The summed E-state index contributed by atoms with van der Waals surface area (Å²) >= 11 is 11.2. The maximum absolute atomic E-state index is 12.4. The van der Waals surface area contributed by atoms with Crippen molar-refractivity contribution < 1.29 is 40.0 Å². The maximum Gasteiger partial charge on any atom is 0.501 e. The molecule has 7 atom stereocenters. The van der Waals surface area contributed by atoms with Gasteiger partial charge < -0.3 is 8.85 Å². The number of ketones is 2. The molecule has 8 nitrogen and oxygen atoms in total. The number of nitriles is 2. The van der Waals surface area contributed by atoms with Crippen LogP contribution in [-0.2, 0) is 28.3 Å². The Morgan fingerprint density at radius 1 is 0.862 bits per heavy atom. The zero-order valence-electron chi connectivity index (χ0n) is 34.6. The number of fused-ring (bicyclic) bond motifs is 6. The molecule has 10 aliphatic carbocycles. The molecule has 0 aromatic carbocycles. The lowest BCUT2D eigenvalue weighted by atomic mass is 9.68. The minimum atomic E-state index is -5.18. The van der Waals surface area contributed by atoms with Crippen LogP contribution in [0.5, 0.6) is 0 Å². The number of allylic oxidation sites excluding steroid dienone is 10. The highest BCUT2D eigenvalue weighted by molar-refractivity contribution is 7.96. The SMILES string of the molecule is C=C(Cl)C#N.CC1=CC2CCC1C=C2S(=O)(=O)C(F)(F)F.C[Si](C)(C)OC1=CC2CCC1CC2(Cl)C#N.C[Si](C)(C)OC1=CCCC=C1.O=C1CC2CCC1CC2=O. The summed E-state index contributed by atoms with van der Waals surface area (Å²) in [7, 11) is -8.03. The van der Waals surface area contributed by atoms with Gasteiger partial charge in [-0.2, -0.15) is 23.7 Å². The zero-order valence-corrected chi connectivity index (χ0v) is 38.9. The van der Waals surface area contributed by atoms with E-state index in [0.29, 0.717) is 36.7 Å². The van der Waals surface area contributed by atoms with Crippen molar-refractivity contribution in [2.24, 2.45) is 35.5 Å². The van der Waals surface area contributed by atoms with Gasteiger partial charge in [0.15, 0.2) is 0 Å². The highest BCUT2D eigenvalue weighted by Crippen LogP contribution is 2.50. The van der Waals surface area contributed by atoms with Crippen molar-refractivity contribution in [1.82, 2.24) is 0 Å². The predicted octanol–water partition coefficient (Wildman–Crippen LogP) is 11.7. The number of rotatable bonds is 5. The van der Waals surface area contributed by atoms with E-state index in [1.54, 1.807) is 12.1 Å². The molecule has 0 heterocycles. The number of carbonyl (C=O) groups excluding carboxylic acids is 2. The Bertz CT molecular complexity index is 1900. The van der Waals surface area contributed by atoms with Crippen molar-refractivity contribution in [1.29, 1.82) is 10.5 Å². The normalized spacial score (nSPS) is 29.3. The fourth-order valence-corrected chi connectivity index (χ4v) is 11.3. The number of Topliss-reactive ketones (excluding diaryl/α,β-unsaturated/α-hetero) is 2. The second kappa shape index (κ2) is 20.1. The number of hydrogen-bond donors (Lipinski definition) is 0. The molecule has 6 bridgehead atoms. The van der Waals surface area contributed by atoms with Gasteiger partial charge in [-0.15, -0.1) is 11.6 Å². The van der Waals surface area contributed by atoms with Crippen LogP contribution in [0.4, 0.5) is 13.2 Å². The first-order chi connectivity index (χ1) is 26.7. The molecule has 4 fully saturated rings. The topological polar surface area (TPSA) is 134 Å². The number of sulfone groups is 1. The van der Waals surface area contributed by atoms with Gasteiger partial charge in [-0.1, -0.05) is 42.0 Å². The molecule has 0 saturated heterocycles. The fraction of sp³-hybridized carbons (Fsp3) is 0.619. The van der Waals surface area contributed by atoms with E-state index in [1.807, 2.05) is 6.92 Å². The Morgan fingerprint density at radius 2 is 1.40 bits per heavy atom. The van der Waals surface area contributed by atoms with Gasteiger partial charge in [-0.25, -0.2) is 8.42 Å². The Kier molecular flexibility index (Phi) is 17.2. The molecule has 4 saturated carbocycles. The van der Waals surface area contributed by atoms with Gasteiger partial charge in [0.2, 0.25) is 16.6 Å². The average Bonchev–Trinajstić information content (AvgIpc) is 3.13. The molecule has 0 radical (unpaired) electrons. The molecule has 0 aromatic heterocycles. The van der Waals surface area contributed by atoms with Crippen molar-refractivity contribution in [3.05, 3.63) is 70.1 Å². The molecule has 0 aliphatic heterocycles. The maximum atomic E-state index is 12.4. The third-order valence-corrected chi connectivity index (χ3v) is 14.7. The standard InChI is InChI=1S/C12H18ClNOSi.C10H11F3O2S.C9H16OSi.C8H10O2.C3H2ClN/c1-16(2,3)15-11-6-10-5-4-9(11)7-12(10,13)8-14;1-6-4-8-3-2-7(6)5-9(8)16(14,15)10(11,12)13;1-11(2,3)10-9-7-5-4-6-8-9;9-7-4-6-2-1-5(7)3-8(6)10;1-3(4)2-5/h6,9-10H,4-5,7H2,1-3H3;4-5,7-8H,2-3H2,1H3;5,7-8H,4,6H2,1-3H3;5-6H,1-4H2;1H2. The number of alkyl halides is 4. The van der Waals surface area contributed by atoms with Gasteiger partial charge in [0.25, 0.3) is 9.84 Å². The van der Waals surface area contributed by atoms with Crippen molar-refractivity contribution >= 4 is 61.2 Å². The lowest BCUT2D eigenvalue weighted by Gasteiger charge is -2.44. The van der Waals surface area contributed by atoms with Crippen molar-refractivity contribution in [2.45, 2.75) is 127 Å². The van der Waals surface area contributed by atoms with Crippen LogP contribution in [0.2, 0.25) is 39.3 Å². The Morgan fingerprint density at radius 3 is 1.74 bits per heavy atom. The molecular weight excluding hydrogens is 845 g/mol. The second-order valence-electron chi connectivity index (χ2n) is 17.7. The summed E-state index contributed by atoms with van der Waals surface area (Å²) in [5.41, 5.74) is -4.21. The first-order valence-electron chi connectivity index (χ1n) is 19.8. The van der Waals surface area contributed by atoms with Gasteiger partial charge in [0.05, 0.1) is 22.5 Å². The van der Waals surface area contributed by atoms with Crippen LogP contribution >= 0.6 is 23.2 Å². The molecular formula is C42H57Cl2F3N2O6SSi2. The monoisotopic (exact) mass is 900 g/mol. The van der Waals surface area contributed by atoms with Crippen LogP contribution < -0.4 is 0 Å². The van der Waals surface area contributed by atoms with E-state index in [4.69, 9.17) is 42.6 Å². The summed E-state index contributed by atoms with van der Waals surface area (Å²) in [6.45, 7) is 18.1. The lowest BCUT2D eigenvalue weighted by Crippen LogP contribution is -2.43. The Labute approximate surface area is 355 Å². The van der Waals surface area contributed by atoms with Gasteiger partial charge >= 0.3 is 5.51 Å². The second-order valence-corrected chi connectivity index (χ2v) is 29.6. The van der Waals surface area contributed by atoms with E-state index >= 15 is 0 Å². The molecule has 0 aromatic rings. The summed E-state index contributed by atoms with van der Waals surface area (Å²) in [6, 6.07) is 3.87. The van der Waals surface area contributed by atoms with E-state index in [0.717, 1.165) is 62.0 Å². The molecule has 7 unspecified atom stereocenters. The largest absolute Gasteiger partial charge is 0.547 e. The summed E-state index contributed by atoms with van der Waals surface area (Å²) in [5.74, 6) is 2.89. The van der Waals surface area contributed by atoms with Crippen LogP contribution in [0, 0.1) is 58.2 Å². The number of carbonyl (C=O) groups is 2. The van der Waals surface area contributed by atoms with Crippen LogP contribution in [0.1, 0.15) is 77.6 Å². The summed E-state index contributed by atoms with van der Waals surface area (Å²) in [4.78, 5) is 21.0. The van der Waals surface area contributed by atoms with Gasteiger partial charge in [0, 0.05) is 42.4 Å². The molecule has 0 spiro atoms. The Balaban J connectivity index is 0.000000202. The van der Waals surface area contributed by atoms with Crippen molar-refractivity contribution in [3.8, 4) is 12.1 Å².